The average molecular weight is 299 g/mol. The van der Waals surface area contributed by atoms with Crippen LogP contribution in [0.15, 0.2) is 21.1 Å². The zero-order valence-electron chi connectivity index (χ0n) is 10.2. The molecular weight excluding hydrogens is 290 g/mol. The smallest absolute Gasteiger partial charge is 0.360 e. The van der Waals surface area contributed by atoms with Crippen molar-refractivity contribution in [1.29, 1.82) is 0 Å². The van der Waals surface area contributed by atoms with E-state index in [4.69, 9.17) is 14.3 Å². The number of nitrogens with zero attached hydrogens (tertiary/aromatic N) is 5. The highest BCUT2D eigenvalue weighted by Gasteiger charge is 2.17. The van der Waals surface area contributed by atoms with Crippen LogP contribution in [0.2, 0.25) is 0 Å². The molecule has 0 bridgehead atoms. The van der Waals surface area contributed by atoms with Crippen molar-refractivity contribution in [2.45, 2.75) is 23.8 Å². The third kappa shape index (κ3) is 3.32. The van der Waals surface area contributed by atoms with Crippen LogP contribution in [0.1, 0.15) is 17.4 Å². The van der Waals surface area contributed by atoms with Crippen LogP contribution in [0.25, 0.3) is 0 Å². The number of carbonyl (C=O) groups excluding carboxylic acids is 1. The van der Waals surface area contributed by atoms with Crippen LogP contribution >= 0.6 is 11.8 Å². The Labute approximate surface area is 116 Å². The molecular formula is C9H9N5O5S. The first-order chi connectivity index (χ1) is 9.60. The van der Waals surface area contributed by atoms with E-state index in [1.165, 1.54) is 0 Å². The quantitative estimate of drug-likeness (QED) is 0.730. The molecule has 1 N–H and O–H groups in total. The number of hydrogen-bond donors (Lipinski definition) is 1. The molecule has 0 aliphatic rings. The number of ether oxygens (including phenoxy) is 1. The molecule has 0 fully saturated rings. The Kier molecular flexibility index (Phi) is 4.30. The highest BCUT2D eigenvalue weighted by Crippen LogP contribution is 2.24. The number of rotatable bonds is 6. The van der Waals surface area contributed by atoms with E-state index < -0.39 is 11.9 Å². The van der Waals surface area contributed by atoms with Gasteiger partial charge in [-0.15, -0.1) is 5.10 Å². The molecule has 0 spiro atoms. The summed E-state index contributed by atoms with van der Waals surface area (Å²) in [5.41, 5.74) is 0.0200. The molecule has 0 amide bonds. The zero-order valence-corrected chi connectivity index (χ0v) is 11.0. The lowest BCUT2D eigenvalue weighted by Crippen LogP contribution is -2.11. The molecule has 0 aromatic carbocycles. The molecule has 2 aromatic heterocycles. The molecule has 0 saturated carbocycles. The largest absolute Gasteiger partial charge is 0.480 e. The van der Waals surface area contributed by atoms with Gasteiger partial charge in [0.05, 0.1) is 6.61 Å². The van der Waals surface area contributed by atoms with Gasteiger partial charge in [-0.3, -0.25) is 4.79 Å². The summed E-state index contributed by atoms with van der Waals surface area (Å²) in [6, 6.07) is 0. The van der Waals surface area contributed by atoms with Gasteiger partial charge < -0.3 is 14.3 Å². The van der Waals surface area contributed by atoms with Gasteiger partial charge in [0.1, 0.15) is 12.8 Å². The highest BCUT2D eigenvalue weighted by atomic mass is 32.2. The number of aliphatic carboxylic acids is 1. The van der Waals surface area contributed by atoms with Crippen LogP contribution in [0.5, 0.6) is 0 Å². The fraction of sp³-hybridized carbons (Fsp3) is 0.333. The molecule has 0 aliphatic carbocycles. The van der Waals surface area contributed by atoms with Crippen molar-refractivity contribution in [3.8, 4) is 0 Å². The van der Waals surface area contributed by atoms with Gasteiger partial charge in [-0.05, 0) is 17.4 Å². The summed E-state index contributed by atoms with van der Waals surface area (Å²) in [7, 11) is 0. The maximum atomic E-state index is 11.4. The molecule has 0 radical (unpaired) electrons. The van der Waals surface area contributed by atoms with Crippen LogP contribution in [0, 0.1) is 0 Å². The molecule has 0 aliphatic heterocycles. The van der Waals surface area contributed by atoms with Gasteiger partial charge in [-0.2, -0.15) is 4.98 Å². The first-order valence-corrected chi connectivity index (χ1v) is 6.20. The van der Waals surface area contributed by atoms with E-state index in [2.05, 4.69) is 20.5 Å². The zero-order chi connectivity index (χ0) is 14.5. The van der Waals surface area contributed by atoms with Gasteiger partial charge in [0.2, 0.25) is 5.16 Å². The second-order valence-electron chi connectivity index (χ2n) is 3.33. The third-order valence-electron chi connectivity index (χ3n) is 1.93. The van der Waals surface area contributed by atoms with Gasteiger partial charge in [-0.1, -0.05) is 0 Å². The number of aromatic nitrogens is 5. The Hall–Kier alpha value is -2.43. The van der Waals surface area contributed by atoms with E-state index in [1.807, 2.05) is 0 Å². The Balaban J connectivity index is 2.09. The molecule has 2 rings (SSSR count). The third-order valence-corrected chi connectivity index (χ3v) is 2.77. The molecule has 10 nitrogen and oxygen atoms in total. The van der Waals surface area contributed by atoms with Crippen molar-refractivity contribution in [3.63, 3.8) is 0 Å². The minimum Gasteiger partial charge on any atom is -0.480 e. The van der Waals surface area contributed by atoms with Crippen molar-refractivity contribution in [3.05, 3.63) is 12.0 Å². The predicted octanol–water partition coefficient (Wildman–Crippen LogP) is 0.0736. The number of oxazole rings is 1. The van der Waals surface area contributed by atoms with Gasteiger partial charge in [0.25, 0.3) is 5.22 Å². The fourth-order valence-corrected chi connectivity index (χ4v) is 1.86. The molecule has 2 aromatic rings. The lowest BCUT2D eigenvalue weighted by molar-refractivity contribution is -0.138. The number of carboxylic acid groups (broad SMARTS) is 1. The Bertz CT molecular complexity index is 624. The van der Waals surface area contributed by atoms with E-state index in [9.17, 15) is 9.59 Å². The summed E-state index contributed by atoms with van der Waals surface area (Å²) in [5, 5.41) is 19.5. The van der Waals surface area contributed by atoms with Crippen molar-refractivity contribution >= 4 is 23.7 Å². The summed E-state index contributed by atoms with van der Waals surface area (Å²) in [5.74, 6) is -1.69. The molecule has 0 atom stereocenters. The maximum absolute atomic E-state index is 11.4. The number of hydrogen-bond acceptors (Lipinski definition) is 9. The van der Waals surface area contributed by atoms with Crippen LogP contribution in [0.3, 0.4) is 0 Å². The molecule has 0 unspecified atom stereocenters. The van der Waals surface area contributed by atoms with Crippen molar-refractivity contribution < 1.29 is 23.8 Å². The first-order valence-electron chi connectivity index (χ1n) is 5.38. The van der Waals surface area contributed by atoms with Gasteiger partial charge in [0, 0.05) is 11.8 Å². The summed E-state index contributed by atoms with van der Waals surface area (Å²) in [6.45, 7) is 1.51. The Morgan fingerprint density at radius 3 is 3.05 bits per heavy atom. The monoisotopic (exact) mass is 299 g/mol. The minimum atomic E-state index is -1.08. The topological polar surface area (TPSA) is 133 Å². The van der Waals surface area contributed by atoms with Gasteiger partial charge >= 0.3 is 11.9 Å². The van der Waals surface area contributed by atoms with Gasteiger partial charge in [-0.25, -0.2) is 9.48 Å². The molecule has 0 saturated heterocycles. The van der Waals surface area contributed by atoms with Crippen molar-refractivity contribution in [1.82, 2.24) is 25.2 Å². The number of tetrazole rings is 1. The standard InChI is InChI=1S/C9H9N5O5S/c1-2-18-7(17)5-4-19-9(10-5)20-8-11-12-13-14(8)3-6(15)16/h4H,2-3H2,1H3,(H,15,16). The lowest BCUT2D eigenvalue weighted by atomic mass is 10.5. The number of esters is 1. The minimum absolute atomic E-state index is 0.0200. The van der Waals surface area contributed by atoms with E-state index in [-0.39, 0.29) is 29.2 Å². The molecule has 106 valence electrons. The number of carbonyl (C=O) groups is 2. The second-order valence-corrected chi connectivity index (χ2v) is 4.25. The van der Waals surface area contributed by atoms with Crippen LogP contribution in [-0.4, -0.2) is 48.8 Å². The summed E-state index contributed by atoms with van der Waals surface area (Å²) < 4.78 is 10.9. The maximum Gasteiger partial charge on any atom is 0.360 e. The van der Waals surface area contributed by atoms with Crippen molar-refractivity contribution in [2.75, 3.05) is 6.61 Å². The fourth-order valence-electron chi connectivity index (χ4n) is 1.18. The highest BCUT2D eigenvalue weighted by molar-refractivity contribution is 7.98. The van der Waals surface area contributed by atoms with E-state index in [0.29, 0.717) is 0 Å². The van der Waals surface area contributed by atoms with Crippen LogP contribution in [0.4, 0.5) is 0 Å². The van der Waals surface area contributed by atoms with E-state index in [1.54, 1.807) is 6.92 Å². The van der Waals surface area contributed by atoms with Crippen molar-refractivity contribution in [2.24, 2.45) is 0 Å². The van der Waals surface area contributed by atoms with Crippen LogP contribution in [-0.2, 0) is 16.1 Å². The van der Waals surface area contributed by atoms with Gasteiger partial charge in [0.15, 0.2) is 5.69 Å². The molecule has 2 heterocycles. The predicted molar refractivity (Wildman–Crippen MR) is 62.0 cm³/mol. The van der Waals surface area contributed by atoms with E-state index in [0.717, 1.165) is 22.7 Å². The Morgan fingerprint density at radius 2 is 2.35 bits per heavy atom. The lowest BCUT2D eigenvalue weighted by Gasteiger charge is -1.97. The normalized spacial score (nSPS) is 10.4. The Morgan fingerprint density at radius 1 is 1.55 bits per heavy atom. The molecule has 11 heteroatoms. The summed E-state index contributed by atoms with van der Waals surface area (Å²) in [6.07, 6.45) is 1.14. The van der Waals surface area contributed by atoms with E-state index >= 15 is 0 Å². The first kappa shape index (κ1) is 14.0. The average Bonchev–Trinajstić information content (AvgIpc) is 3.00. The SMILES string of the molecule is CCOC(=O)c1coc(Sc2nnnn2CC(=O)O)n1. The summed E-state index contributed by atoms with van der Waals surface area (Å²) >= 11 is 0.897. The molecule has 20 heavy (non-hydrogen) atoms. The second kappa shape index (κ2) is 6.14. The number of carboxylic acids is 1. The summed E-state index contributed by atoms with van der Waals surface area (Å²) in [4.78, 5) is 25.9. The van der Waals surface area contributed by atoms with Crippen LogP contribution < -0.4 is 0 Å².